The first-order chi connectivity index (χ1) is 7.99. The molecule has 1 aromatic rings. The first kappa shape index (κ1) is 12.4. The highest BCUT2D eigenvalue weighted by Gasteiger charge is 2.34. The molecule has 0 aliphatic carbocycles. The van der Waals surface area contributed by atoms with Crippen LogP contribution in [0.4, 0.5) is 0 Å². The van der Waals surface area contributed by atoms with Crippen LogP contribution in [0.1, 0.15) is 25.8 Å². The molecule has 17 heavy (non-hydrogen) atoms. The van der Waals surface area contributed by atoms with Crippen molar-refractivity contribution in [2.45, 2.75) is 31.9 Å². The summed E-state index contributed by atoms with van der Waals surface area (Å²) in [5, 5.41) is 0. The molecule has 2 rings (SSSR count). The molecule has 1 atom stereocenters. The molecule has 0 radical (unpaired) electrons. The normalized spacial score (nSPS) is 25.5. The van der Waals surface area contributed by atoms with Crippen LogP contribution in [0.5, 0.6) is 5.75 Å². The summed E-state index contributed by atoms with van der Waals surface area (Å²) in [5.74, 6) is 0.915. The fourth-order valence-electron chi connectivity index (χ4n) is 2.40. The van der Waals surface area contributed by atoms with Crippen LogP contribution >= 0.6 is 0 Å². The highest BCUT2D eigenvalue weighted by molar-refractivity contribution is 5.33. The summed E-state index contributed by atoms with van der Waals surface area (Å²) < 4.78 is 5.63. The molecule has 3 heteroatoms. The molecular weight excluding hydrogens is 212 g/mol. The van der Waals surface area contributed by atoms with E-state index in [-0.39, 0.29) is 11.6 Å². The van der Waals surface area contributed by atoms with E-state index in [9.17, 15) is 0 Å². The Kier molecular flexibility index (Phi) is 3.40. The van der Waals surface area contributed by atoms with Gasteiger partial charge in [-0.25, -0.2) is 0 Å². The average molecular weight is 234 g/mol. The maximum Gasteiger partial charge on any atom is 0.119 e. The summed E-state index contributed by atoms with van der Waals surface area (Å²) in [5.41, 5.74) is 7.46. The van der Waals surface area contributed by atoms with Gasteiger partial charge in [0.1, 0.15) is 5.75 Å². The Morgan fingerprint density at radius 2 is 1.94 bits per heavy atom. The minimum Gasteiger partial charge on any atom is -0.491 e. The van der Waals surface area contributed by atoms with Gasteiger partial charge in [-0.3, -0.25) is 0 Å². The van der Waals surface area contributed by atoms with E-state index in [1.165, 1.54) is 5.56 Å². The molecule has 0 bridgehead atoms. The zero-order chi connectivity index (χ0) is 12.5. The SMILES string of the molecule is CC(C)Oc1ccc(C2(N)CCN(C)C2)cc1. The minimum absolute atomic E-state index is 0.189. The van der Waals surface area contributed by atoms with Crippen LogP contribution in [-0.4, -0.2) is 31.1 Å². The second-order valence-corrected chi connectivity index (χ2v) is 5.33. The lowest BCUT2D eigenvalue weighted by Crippen LogP contribution is -2.38. The number of nitrogens with two attached hydrogens (primary N) is 1. The molecule has 1 saturated heterocycles. The van der Waals surface area contributed by atoms with Gasteiger partial charge < -0.3 is 15.4 Å². The van der Waals surface area contributed by atoms with E-state index >= 15 is 0 Å². The summed E-state index contributed by atoms with van der Waals surface area (Å²) >= 11 is 0. The van der Waals surface area contributed by atoms with Crippen molar-refractivity contribution in [3.05, 3.63) is 29.8 Å². The second-order valence-electron chi connectivity index (χ2n) is 5.33. The van der Waals surface area contributed by atoms with Gasteiger partial charge in [0.25, 0.3) is 0 Å². The van der Waals surface area contributed by atoms with Crippen LogP contribution < -0.4 is 10.5 Å². The zero-order valence-corrected chi connectivity index (χ0v) is 10.9. The minimum atomic E-state index is -0.189. The van der Waals surface area contributed by atoms with Gasteiger partial charge in [0.15, 0.2) is 0 Å². The highest BCUT2D eigenvalue weighted by atomic mass is 16.5. The van der Waals surface area contributed by atoms with E-state index in [1.807, 2.05) is 26.0 Å². The largest absolute Gasteiger partial charge is 0.491 e. The van der Waals surface area contributed by atoms with Crippen molar-refractivity contribution >= 4 is 0 Å². The third kappa shape index (κ3) is 2.79. The summed E-state index contributed by atoms with van der Waals surface area (Å²) in [7, 11) is 2.12. The molecule has 0 saturated carbocycles. The molecule has 1 aromatic carbocycles. The van der Waals surface area contributed by atoms with Crippen molar-refractivity contribution in [1.82, 2.24) is 4.90 Å². The summed E-state index contributed by atoms with van der Waals surface area (Å²) in [6.07, 6.45) is 1.23. The van der Waals surface area contributed by atoms with Crippen LogP contribution in [0.15, 0.2) is 24.3 Å². The molecule has 94 valence electrons. The lowest BCUT2D eigenvalue weighted by molar-refractivity contribution is 0.242. The Bertz CT molecular complexity index is 374. The predicted octanol–water partition coefficient (Wildman–Crippen LogP) is 1.96. The molecule has 1 heterocycles. The maximum absolute atomic E-state index is 6.44. The zero-order valence-electron chi connectivity index (χ0n) is 10.9. The Morgan fingerprint density at radius 3 is 2.41 bits per heavy atom. The van der Waals surface area contributed by atoms with Crippen LogP contribution in [0.25, 0.3) is 0 Å². The fourth-order valence-corrected chi connectivity index (χ4v) is 2.40. The van der Waals surface area contributed by atoms with E-state index in [0.717, 1.165) is 25.3 Å². The first-order valence-electron chi connectivity index (χ1n) is 6.24. The fraction of sp³-hybridized carbons (Fsp3) is 0.571. The van der Waals surface area contributed by atoms with Crippen molar-refractivity contribution in [3.63, 3.8) is 0 Å². The summed E-state index contributed by atoms with van der Waals surface area (Å²) in [6.45, 7) is 6.06. The third-order valence-corrected chi connectivity index (χ3v) is 3.29. The Morgan fingerprint density at radius 1 is 1.29 bits per heavy atom. The standard InChI is InChI=1S/C14H22N2O/c1-11(2)17-13-6-4-12(5-7-13)14(15)8-9-16(3)10-14/h4-7,11H,8-10,15H2,1-3H3. The number of likely N-dealkylation sites (tertiary alicyclic amines) is 1. The molecule has 0 spiro atoms. The van der Waals surface area contributed by atoms with Gasteiger partial charge in [-0.15, -0.1) is 0 Å². The molecule has 1 aliphatic rings. The van der Waals surface area contributed by atoms with Crippen molar-refractivity contribution < 1.29 is 4.74 Å². The monoisotopic (exact) mass is 234 g/mol. The summed E-state index contributed by atoms with van der Waals surface area (Å²) in [4.78, 5) is 2.28. The van der Waals surface area contributed by atoms with Crippen molar-refractivity contribution in [2.24, 2.45) is 5.73 Å². The number of benzene rings is 1. The smallest absolute Gasteiger partial charge is 0.119 e. The van der Waals surface area contributed by atoms with E-state index in [2.05, 4.69) is 24.1 Å². The van der Waals surface area contributed by atoms with Crippen molar-refractivity contribution in [1.29, 1.82) is 0 Å². The van der Waals surface area contributed by atoms with Gasteiger partial charge in [0.05, 0.1) is 11.6 Å². The number of ether oxygens (including phenoxy) is 1. The molecule has 0 amide bonds. The van der Waals surface area contributed by atoms with Gasteiger partial charge in [-0.1, -0.05) is 12.1 Å². The Hall–Kier alpha value is -1.06. The van der Waals surface area contributed by atoms with E-state index in [0.29, 0.717) is 0 Å². The van der Waals surface area contributed by atoms with Crippen LogP contribution in [-0.2, 0) is 5.54 Å². The van der Waals surface area contributed by atoms with Gasteiger partial charge in [-0.05, 0) is 45.0 Å². The predicted molar refractivity (Wildman–Crippen MR) is 70.2 cm³/mol. The van der Waals surface area contributed by atoms with Crippen LogP contribution in [0.3, 0.4) is 0 Å². The van der Waals surface area contributed by atoms with Crippen LogP contribution in [0.2, 0.25) is 0 Å². The maximum atomic E-state index is 6.44. The molecular formula is C14H22N2O. The lowest BCUT2D eigenvalue weighted by Gasteiger charge is -2.24. The number of nitrogens with zero attached hydrogens (tertiary/aromatic N) is 1. The first-order valence-corrected chi connectivity index (χ1v) is 6.24. The van der Waals surface area contributed by atoms with Gasteiger partial charge in [0, 0.05) is 13.1 Å². The van der Waals surface area contributed by atoms with Crippen LogP contribution in [0, 0.1) is 0 Å². The van der Waals surface area contributed by atoms with Crippen molar-refractivity contribution in [3.8, 4) is 5.75 Å². The topological polar surface area (TPSA) is 38.5 Å². The number of likely N-dealkylation sites (N-methyl/N-ethyl adjacent to an activating group) is 1. The molecule has 1 aliphatic heterocycles. The number of hydrogen-bond acceptors (Lipinski definition) is 3. The third-order valence-electron chi connectivity index (χ3n) is 3.29. The summed E-state index contributed by atoms with van der Waals surface area (Å²) in [6, 6.07) is 8.22. The quantitative estimate of drug-likeness (QED) is 0.869. The number of rotatable bonds is 3. The molecule has 0 aromatic heterocycles. The van der Waals surface area contributed by atoms with Gasteiger partial charge in [-0.2, -0.15) is 0 Å². The Balaban J connectivity index is 2.12. The van der Waals surface area contributed by atoms with E-state index in [1.54, 1.807) is 0 Å². The molecule has 1 fully saturated rings. The highest BCUT2D eigenvalue weighted by Crippen LogP contribution is 2.29. The molecule has 2 N–H and O–H groups in total. The number of hydrogen-bond donors (Lipinski definition) is 1. The van der Waals surface area contributed by atoms with Gasteiger partial charge >= 0.3 is 0 Å². The molecule has 1 unspecified atom stereocenters. The Labute approximate surface area is 104 Å². The van der Waals surface area contributed by atoms with Gasteiger partial charge in [0.2, 0.25) is 0 Å². The second kappa shape index (κ2) is 4.67. The molecule has 3 nitrogen and oxygen atoms in total. The average Bonchev–Trinajstić information content (AvgIpc) is 2.60. The van der Waals surface area contributed by atoms with Crippen molar-refractivity contribution in [2.75, 3.05) is 20.1 Å². The van der Waals surface area contributed by atoms with E-state index < -0.39 is 0 Å². The van der Waals surface area contributed by atoms with E-state index in [4.69, 9.17) is 10.5 Å². The lowest BCUT2D eigenvalue weighted by atomic mass is 9.90.